The van der Waals surface area contributed by atoms with Crippen LogP contribution in [0.4, 0.5) is 4.39 Å². The molecule has 1 aromatic heterocycles. The molecule has 0 aliphatic rings. The van der Waals surface area contributed by atoms with Crippen molar-refractivity contribution in [3.05, 3.63) is 64.8 Å². The summed E-state index contributed by atoms with van der Waals surface area (Å²) in [6.45, 7) is 0.341. The van der Waals surface area contributed by atoms with E-state index < -0.39 is 5.82 Å². The summed E-state index contributed by atoms with van der Waals surface area (Å²) in [5, 5.41) is 1.06. The Labute approximate surface area is 137 Å². The quantitative estimate of drug-likeness (QED) is 0.713. The van der Waals surface area contributed by atoms with Gasteiger partial charge in [0.2, 0.25) is 0 Å². The number of fused-ring (bicyclic) bond motifs is 1. The maximum absolute atomic E-state index is 13.7. The zero-order valence-electron chi connectivity index (χ0n) is 12.9. The summed E-state index contributed by atoms with van der Waals surface area (Å²) in [4.78, 5) is 14.8. The van der Waals surface area contributed by atoms with Crippen molar-refractivity contribution in [2.24, 2.45) is 0 Å². The van der Waals surface area contributed by atoms with E-state index in [-0.39, 0.29) is 11.7 Å². The van der Waals surface area contributed by atoms with Crippen LogP contribution in [0.3, 0.4) is 0 Å². The SMILES string of the molecule is COc1ccc(CN(C)C(=O)c2cc3ccccc3s2)cc1F. The van der Waals surface area contributed by atoms with Gasteiger partial charge in [0, 0.05) is 18.3 Å². The smallest absolute Gasteiger partial charge is 0.264 e. The molecule has 23 heavy (non-hydrogen) atoms. The van der Waals surface area contributed by atoms with Gasteiger partial charge in [0.1, 0.15) is 0 Å². The van der Waals surface area contributed by atoms with Gasteiger partial charge in [0.05, 0.1) is 12.0 Å². The second-order valence-corrected chi connectivity index (χ2v) is 6.36. The van der Waals surface area contributed by atoms with Crippen LogP contribution in [0.2, 0.25) is 0 Å². The molecule has 1 heterocycles. The summed E-state index contributed by atoms with van der Waals surface area (Å²) in [6, 6.07) is 14.5. The molecule has 0 unspecified atom stereocenters. The Kier molecular flexibility index (Phi) is 4.30. The van der Waals surface area contributed by atoms with Gasteiger partial charge in [-0.25, -0.2) is 4.39 Å². The molecule has 1 amide bonds. The van der Waals surface area contributed by atoms with Crippen LogP contribution in [-0.2, 0) is 6.54 Å². The Morgan fingerprint density at radius 1 is 1.22 bits per heavy atom. The van der Waals surface area contributed by atoms with Gasteiger partial charge >= 0.3 is 0 Å². The lowest BCUT2D eigenvalue weighted by atomic mass is 10.2. The van der Waals surface area contributed by atoms with Gasteiger partial charge in [-0.2, -0.15) is 0 Å². The molecular formula is C18H16FNO2S. The van der Waals surface area contributed by atoms with E-state index in [0.717, 1.165) is 15.6 Å². The van der Waals surface area contributed by atoms with Crippen LogP contribution in [0, 0.1) is 5.82 Å². The number of hydrogen-bond donors (Lipinski definition) is 0. The molecule has 0 radical (unpaired) electrons. The highest BCUT2D eigenvalue weighted by molar-refractivity contribution is 7.20. The minimum absolute atomic E-state index is 0.0672. The number of halogens is 1. The van der Waals surface area contributed by atoms with Crippen LogP contribution >= 0.6 is 11.3 Å². The molecule has 0 saturated carbocycles. The summed E-state index contributed by atoms with van der Waals surface area (Å²) in [5.74, 6) is -0.289. The second kappa shape index (κ2) is 6.38. The third kappa shape index (κ3) is 3.19. The van der Waals surface area contributed by atoms with Gasteiger partial charge in [-0.3, -0.25) is 4.79 Å². The van der Waals surface area contributed by atoms with E-state index in [1.807, 2.05) is 30.3 Å². The van der Waals surface area contributed by atoms with E-state index >= 15 is 0 Å². The number of nitrogens with zero attached hydrogens (tertiary/aromatic N) is 1. The number of methoxy groups -OCH3 is 1. The number of carbonyl (C=O) groups is 1. The molecule has 3 aromatic rings. The first kappa shape index (κ1) is 15.5. The molecule has 0 N–H and O–H groups in total. The van der Waals surface area contributed by atoms with Crippen molar-refractivity contribution >= 4 is 27.3 Å². The molecule has 0 aliphatic heterocycles. The van der Waals surface area contributed by atoms with E-state index in [1.165, 1.54) is 24.5 Å². The molecule has 0 aliphatic carbocycles. The van der Waals surface area contributed by atoms with Crippen molar-refractivity contribution in [3.63, 3.8) is 0 Å². The van der Waals surface area contributed by atoms with Gasteiger partial charge in [-0.05, 0) is 35.2 Å². The number of hydrogen-bond acceptors (Lipinski definition) is 3. The molecule has 0 atom stereocenters. The molecule has 3 nitrogen and oxygen atoms in total. The zero-order valence-corrected chi connectivity index (χ0v) is 13.7. The first-order chi connectivity index (χ1) is 11.1. The minimum atomic E-state index is -0.423. The third-order valence-corrected chi connectivity index (χ3v) is 4.72. The van der Waals surface area contributed by atoms with Crippen molar-refractivity contribution in [1.82, 2.24) is 4.90 Å². The first-order valence-corrected chi connectivity index (χ1v) is 7.96. The van der Waals surface area contributed by atoms with Crippen molar-refractivity contribution in [1.29, 1.82) is 0 Å². The van der Waals surface area contributed by atoms with Crippen LogP contribution < -0.4 is 4.74 Å². The third-order valence-electron chi connectivity index (χ3n) is 3.62. The summed E-state index contributed by atoms with van der Waals surface area (Å²) >= 11 is 1.47. The Bertz CT molecular complexity index is 826. The van der Waals surface area contributed by atoms with Crippen LogP contribution in [0.5, 0.6) is 5.75 Å². The average molecular weight is 329 g/mol. The fourth-order valence-electron chi connectivity index (χ4n) is 2.43. The topological polar surface area (TPSA) is 29.5 Å². The molecule has 5 heteroatoms. The molecular weight excluding hydrogens is 313 g/mol. The Morgan fingerprint density at radius 3 is 2.70 bits per heavy atom. The minimum Gasteiger partial charge on any atom is -0.494 e. The van der Waals surface area contributed by atoms with E-state index in [2.05, 4.69) is 0 Å². The monoisotopic (exact) mass is 329 g/mol. The second-order valence-electron chi connectivity index (χ2n) is 5.28. The molecule has 3 rings (SSSR count). The highest BCUT2D eigenvalue weighted by Gasteiger charge is 2.15. The van der Waals surface area contributed by atoms with Gasteiger partial charge in [-0.1, -0.05) is 24.3 Å². The highest BCUT2D eigenvalue weighted by atomic mass is 32.1. The van der Waals surface area contributed by atoms with Crippen molar-refractivity contribution in [2.45, 2.75) is 6.54 Å². The molecule has 0 bridgehead atoms. The van der Waals surface area contributed by atoms with Gasteiger partial charge < -0.3 is 9.64 Å². The van der Waals surface area contributed by atoms with Crippen LogP contribution in [0.1, 0.15) is 15.2 Å². The normalized spacial score (nSPS) is 10.7. The highest BCUT2D eigenvalue weighted by Crippen LogP contribution is 2.26. The lowest BCUT2D eigenvalue weighted by molar-refractivity contribution is 0.0790. The Morgan fingerprint density at radius 2 is 2.00 bits per heavy atom. The summed E-state index contributed by atoms with van der Waals surface area (Å²) < 4.78 is 19.7. The number of ether oxygens (including phenoxy) is 1. The van der Waals surface area contributed by atoms with Crippen LogP contribution in [-0.4, -0.2) is 25.0 Å². The van der Waals surface area contributed by atoms with Crippen molar-refractivity contribution in [2.75, 3.05) is 14.2 Å². The number of benzene rings is 2. The predicted molar refractivity (Wildman–Crippen MR) is 90.6 cm³/mol. The van der Waals surface area contributed by atoms with E-state index in [0.29, 0.717) is 11.4 Å². The predicted octanol–water partition coefficient (Wildman–Crippen LogP) is 4.32. The lowest BCUT2D eigenvalue weighted by Gasteiger charge is -2.16. The maximum Gasteiger partial charge on any atom is 0.264 e. The Balaban J connectivity index is 1.78. The molecule has 0 fully saturated rings. The number of carbonyl (C=O) groups excluding carboxylic acids is 1. The van der Waals surface area contributed by atoms with Crippen molar-refractivity contribution in [3.8, 4) is 5.75 Å². The van der Waals surface area contributed by atoms with E-state index in [4.69, 9.17) is 4.74 Å². The van der Waals surface area contributed by atoms with E-state index in [9.17, 15) is 9.18 Å². The van der Waals surface area contributed by atoms with Crippen LogP contribution in [0.15, 0.2) is 48.5 Å². The van der Waals surface area contributed by atoms with Gasteiger partial charge in [0.25, 0.3) is 5.91 Å². The van der Waals surface area contributed by atoms with Gasteiger partial charge in [0.15, 0.2) is 11.6 Å². The maximum atomic E-state index is 13.7. The van der Waals surface area contributed by atoms with Gasteiger partial charge in [-0.15, -0.1) is 11.3 Å². The lowest BCUT2D eigenvalue weighted by Crippen LogP contribution is -2.25. The average Bonchev–Trinajstić information content (AvgIpc) is 2.98. The molecule has 0 spiro atoms. The first-order valence-electron chi connectivity index (χ1n) is 7.15. The van der Waals surface area contributed by atoms with Crippen molar-refractivity contribution < 1.29 is 13.9 Å². The summed E-state index contributed by atoms with van der Waals surface area (Å²) in [6.07, 6.45) is 0. The summed E-state index contributed by atoms with van der Waals surface area (Å²) in [5.41, 5.74) is 0.722. The van der Waals surface area contributed by atoms with Crippen LogP contribution in [0.25, 0.3) is 10.1 Å². The standard InChI is InChI=1S/C18H16FNO2S/c1-20(11-12-7-8-15(22-2)14(19)9-12)18(21)17-10-13-5-3-4-6-16(13)23-17/h3-10H,11H2,1-2H3. The summed E-state index contributed by atoms with van der Waals surface area (Å²) in [7, 11) is 3.14. The largest absolute Gasteiger partial charge is 0.494 e. The molecule has 118 valence electrons. The number of thiophene rings is 1. The fraction of sp³-hybridized carbons (Fsp3) is 0.167. The Hall–Kier alpha value is -2.40. The number of rotatable bonds is 4. The fourth-order valence-corrected chi connectivity index (χ4v) is 3.49. The molecule has 0 saturated heterocycles. The zero-order chi connectivity index (χ0) is 16.4. The number of amides is 1. The molecule has 2 aromatic carbocycles. The van der Waals surface area contributed by atoms with E-state index in [1.54, 1.807) is 24.1 Å².